The van der Waals surface area contributed by atoms with Crippen LogP contribution in [0.15, 0.2) is 47.9 Å². The largest absolute Gasteiger partial charge is 0.345 e. The Morgan fingerprint density at radius 2 is 1.55 bits per heavy atom. The zero-order valence-electron chi connectivity index (χ0n) is 10.1. The minimum absolute atomic E-state index is 0.0834. The van der Waals surface area contributed by atoms with Gasteiger partial charge < -0.3 is 5.32 Å². The van der Waals surface area contributed by atoms with E-state index in [1.807, 2.05) is 0 Å². The van der Waals surface area contributed by atoms with Gasteiger partial charge in [0.05, 0.1) is 18.1 Å². The molecule has 0 aliphatic rings. The molecule has 1 aromatic carbocycles. The summed E-state index contributed by atoms with van der Waals surface area (Å²) in [5.41, 5.74) is 0.995. The van der Waals surface area contributed by atoms with Crippen LogP contribution >= 0.6 is 0 Å². The fraction of sp³-hybridized carbons (Fsp3) is 0. The Balaban J connectivity index is 2.25. The Labute approximate surface area is 114 Å². The minimum Gasteiger partial charge on any atom is -0.345 e. The summed E-state index contributed by atoms with van der Waals surface area (Å²) >= 11 is 0. The third-order valence-electron chi connectivity index (χ3n) is 2.37. The molecular formula is C13H7N7. The van der Waals surface area contributed by atoms with Crippen molar-refractivity contribution in [1.82, 2.24) is 15.0 Å². The highest BCUT2D eigenvalue weighted by molar-refractivity contribution is 5.59. The van der Waals surface area contributed by atoms with Crippen molar-refractivity contribution in [1.29, 1.82) is 15.8 Å². The number of benzene rings is 1. The lowest BCUT2D eigenvalue weighted by atomic mass is 10.2. The Hall–Kier alpha value is -3.63. The zero-order valence-corrected chi connectivity index (χ0v) is 10.1. The van der Waals surface area contributed by atoms with Crippen LogP contribution in [0.1, 0.15) is 0 Å². The molecule has 0 saturated heterocycles. The number of nitriles is 3. The van der Waals surface area contributed by atoms with Gasteiger partial charge in [-0.2, -0.15) is 30.8 Å². The molecular weight excluding hydrogens is 254 g/mol. The van der Waals surface area contributed by atoms with E-state index in [0.29, 0.717) is 5.69 Å². The van der Waals surface area contributed by atoms with E-state index in [1.54, 1.807) is 54.9 Å². The van der Waals surface area contributed by atoms with Crippen molar-refractivity contribution in [3.8, 4) is 23.9 Å². The number of hydrogen-bond donors (Lipinski definition) is 1. The lowest BCUT2D eigenvalue weighted by Gasteiger charge is -2.05. The number of nitrogens with one attached hydrogen (secondary N) is 1. The number of rotatable bonds is 3. The number of hydrogen-bond acceptors (Lipinski definition) is 6. The molecule has 0 spiro atoms. The fourth-order valence-corrected chi connectivity index (χ4v) is 1.45. The molecule has 2 aromatic rings. The van der Waals surface area contributed by atoms with Gasteiger partial charge in [0.15, 0.2) is 5.57 Å². The molecule has 0 atom stereocenters. The van der Waals surface area contributed by atoms with Gasteiger partial charge in [-0.05, 0) is 24.3 Å². The molecule has 0 fully saturated rings. The molecule has 1 aromatic heterocycles. The Bertz CT molecular complexity index is 733. The summed E-state index contributed by atoms with van der Waals surface area (Å²) in [5, 5.41) is 37.1. The van der Waals surface area contributed by atoms with E-state index in [1.165, 1.54) is 4.80 Å². The highest BCUT2D eigenvalue weighted by Gasteiger charge is 2.06. The molecule has 20 heavy (non-hydrogen) atoms. The quantitative estimate of drug-likeness (QED) is 0.837. The molecule has 0 radical (unpaired) electrons. The first-order valence-corrected chi connectivity index (χ1v) is 5.47. The first kappa shape index (κ1) is 12.8. The summed E-state index contributed by atoms with van der Waals surface area (Å²) in [6.45, 7) is 0. The fourth-order valence-electron chi connectivity index (χ4n) is 1.45. The molecule has 0 bridgehead atoms. The summed E-state index contributed by atoms with van der Waals surface area (Å²) in [4.78, 5) is 1.45. The smallest absolute Gasteiger partial charge is 0.163 e. The second-order valence-corrected chi connectivity index (χ2v) is 3.58. The second kappa shape index (κ2) is 5.81. The van der Waals surface area contributed by atoms with Crippen molar-refractivity contribution in [2.24, 2.45) is 0 Å². The molecule has 0 aliphatic carbocycles. The molecule has 94 valence electrons. The molecule has 1 heterocycles. The maximum absolute atomic E-state index is 8.93. The van der Waals surface area contributed by atoms with Crippen LogP contribution in [-0.4, -0.2) is 15.0 Å². The van der Waals surface area contributed by atoms with Crippen LogP contribution in [0.3, 0.4) is 0 Å². The van der Waals surface area contributed by atoms with Crippen LogP contribution in [0, 0.1) is 34.0 Å². The van der Waals surface area contributed by atoms with E-state index in [2.05, 4.69) is 15.5 Å². The van der Waals surface area contributed by atoms with E-state index >= 15 is 0 Å². The van der Waals surface area contributed by atoms with Gasteiger partial charge in [0.2, 0.25) is 0 Å². The van der Waals surface area contributed by atoms with Crippen LogP contribution in [0.4, 0.5) is 5.69 Å². The Morgan fingerprint density at radius 1 is 0.950 bits per heavy atom. The Morgan fingerprint density at radius 3 is 2.05 bits per heavy atom. The minimum atomic E-state index is -0.259. The van der Waals surface area contributed by atoms with Crippen molar-refractivity contribution >= 4 is 5.69 Å². The number of anilines is 1. The van der Waals surface area contributed by atoms with Crippen molar-refractivity contribution in [2.75, 3.05) is 5.32 Å². The zero-order chi connectivity index (χ0) is 14.4. The van der Waals surface area contributed by atoms with E-state index in [-0.39, 0.29) is 11.3 Å². The second-order valence-electron chi connectivity index (χ2n) is 3.58. The summed E-state index contributed by atoms with van der Waals surface area (Å²) in [6.07, 6.45) is 3.13. The predicted molar refractivity (Wildman–Crippen MR) is 68.8 cm³/mol. The van der Waals surface area contributed by atoms with Gasteiger partial charge in [0, 0.05) is 5.69 Å². The van der Waals surface area contributed by atoms with Gasteiger partial charge in [-0.25, -0.2) is 0 Å². The standard InChI is InChI=1S/C13H7N7/c14-7-10(8-15)13(9-16)19-11-1-3-12(4-2-11)20-17-5-6-18-20/h1-6,19H. The van der Waals surface area contributed by atoms with Crippen molar-refractivity contribution < 1.29 is 0 Å². The molecule has 2 rings (SSSR count). The third-order valence-corrected chi connectivity index (χ3v) is 2.37. The van der Waals surface area contributed by atoms with Gasteiger partial charge in [-0.1, -0.05) is 0 Å². The third kappa shape index (κ3) is 2.61. The average Bonchev–Trinajstić information content (AvgIpc) is 3.02. The first-order chi connectivity index (χ1) is 9.78. The molecule has 0 unspecified atom stereocenters. The lowest BCUT2D eigenvalue weighted by Crippen LogP contribution is -2.02. The van der Waals surface area contributed by atoms with Crippen molar-refractivity contribution in [2.45, 2.75) is 0 Å². The van der Waals surface area contributed by atoms with Crippen LogP contribution in [-0.2, 0) is 0 Å². The van der Waals surface area contributed by atoms with E-state index in [0.717, 1.165) is 5.69 Å². The molecule has 7 nitrogen and oxygen atoms in total. The normalized spacial score (nSPS) is 8.85. The summed E-state index contributed by atoms with van der Waals surface area (Å²) in [7, 11) is 0. The number of nitrogens with zero attached hydrogens (tertiary/aromatic N) is 6. The van der Waals surface area contributed by atoms with Crippen molar-refractivity contribution in [3.05, 3.63) is 47.9 Å². The van der Waals surface area contributed by atoms with Gasteiger partial charge >= 0.3 is 0 Å². The number of allylic oxidation sites excluding steroid dienone is 2. The van der Waals surface area contributed by atoms with Crippen LogP contribution in [0.2, 0.25) is 0 Å². The van der Waals surface area contributed by atoms with E-state index in [9.17, 15) is 0 Å². The molecule has 0 amide bonds. The first-order valence-electron chi connectivity index (χ1n) is 5.47. The average molecular weight is 261 g/mol. The highest BCUT2D eigenvalue weighted by Crippen LogP contribution is 2.14. The summed E-state index contributed by atoms with van der Waals surface area (Å²) < 4.78 is 0. The van der Waals surface area contributed by atoms with Gasteiger partial charge in [0.25, 0.3) is 0 Å². The van der Waals surface area contributed by atoms with Gasteiger partial charge in [-0.15, -0.1) is 0 Å². The highest BCUT2D eigenvalue weighted by atomic mass is 15.5. The maximum Gasteiger partial charge on any atom is 0.163 e. The lowest BCUT2D eigenvalue weighted by molar-refractivity contribution is 0.752. The summed E-state index contributed by atoms with van der Waals surface area (Å²) in [6, 6.07) is 12.0. The maximum atomic E-state index is 8.93. The Kier molecular flexibility index (Phi) is 3.72. The van der Waals surface area contributed by atoms with E-state index in [4.69, 9.17) is 15.8 Å². The van der Waals surface area contributed by atoms with Crippen LogP contribution in [0.25, 0.3) is 5.69 Å². The van der Waals surface area contributed by atoms with E-state index < -0.39 is 0 Å². The SMILES string of the molecule is N#CC(C#N)=C(C#N)Nc1ccc(-n2nccn2)cc1. The van der Waals surface area contributed by atoms with Crippen molar-refractivity contribution in [3.63, 3.8) is 0 Å². The number of aromatic nitrogens is 3. The van der Waals surface area contributed by atoms with Crippen LogP contribution < -0.4 is 5.32 Å². The van der Waals surface area contributed by atoms with Gasteiger partial charge in [-0.3, -0.25) is 0 Å². The topological polar surface area (TPSA) is 114 Å². The molecule has 0 aliphatic heterocycles. The van der Waals surface area contributed by atoms with Gasteiger partial charge in [0.1, 0.15) is 23.9 Å². The molecule has 0 saturated carbocycles. The summed E-state index contributed by atoms with van der Waals surface area (Å²) in [5.74, 6) is 0. The predicted octanol–water partition coefficient (Wildman–Crippen LogP) is 1.50. The van der Waals surface area contributed by atoms with Crippen LogP contribution in [0.5, 0.6) is 0 Å². The molecule has 1 N–H and O–H groups in total. The monoisotopic (exact) mass is 261 g/mol. The molecule has 7 heteroatoms.